The summed E-state index contributed by atoms with van der Waals surface area (Å²) in [5, 5.41) is 7.51. The summed E-state index contributed by atoms with van der Waals surface area (Å²) in [6, 6.07) is 2.17. The highest BCUT2D eigenvalue weighted by Gasteiger charge is 2.21. The van der Waals surface area contributed by atoms with E-state index in [4.69, 9.17) is 0 Å². The maximum absolute atomic E-state index is 4.42. The number of rotatable bonds is 2. The fourth-order valence-corrected chi connectivity index (χ4v) is 2.39. The van der Waals surface area contributed by atoms with E-state index in [-0.39, 0.29) is 0 Å². The fraction of sp³-hybridized carbons (Fsp3) is 0.727. The summed E-state index contributed by atoms with van der Waals surface area (Å²) in [7, 11) is 6.14. The van der Waals surface area contributed by atoms with Gasteiger partial charge in [-0.3, -0.25) is 4.68 Å². The first kappa shape index (κ1) is 10.5. The van der Waals surface area contributed by atoms with Gasteiger partial charge in [-0.2, -0.15) is 5.10 Å². The van der Waals surface area contributed by atoms with Crippen LogP contribution in [0.5, 0.6) is 0 Å². The molecule has 84 valence electrons. The van der Waals surface area contributed by atoms with E-state index in [0.29, 0.717) is 5.92 Å². The molecule has 1 saturated heterocycles. The summed E-state index contributed by atoms with van der Waals surface area (Å²) in [6.07, 6.45) is 2.58. The van der Waals surface area contributed by atoms with Crippen LogP contribution in [0.4, 0.5) is 5.82 Å². The van der Waals surface area contributed by atoms with E-state index in [1.165, 1.54) is 25.1 Å². The van der Waals surface area contributed by atoms with E-state index in [1.54, 1.807) is 0 Å². The molecular weight excluding hydrogens is 188 g/mol. The molecule has 0 spiro atoms. The lowest BCUT2D eigenvalue weighted by Gasteiger charge is -2.29. The molecule has 1 aliphatic heterocycles. The van der Waals surface area contributed by atoms with Crippen molar-refractivity contribution in [3.63, 3.8) is 0 Å². The van der Waals surface area contributed by atoms with Crippen LogP contribution >= 0.6 is 0 Å². The molecule has 1 aliphatic rings. The van der Waals surface area contributed by atoms with E-state index in [0.717, 1.165) is 12.4 Å². The smallest absolute Gasteiger partial charge is 0.148 e. The molecule has 1 fully saturated rings. The van der Waals surface area contributed by atoms with E-state index in [9.17, 15) is 0 Å². The molecule has 15 heavy (non-hydrogen) atoms. The van der Waals surface area contributed by atoms with Crippen LogP contribution in [0.1, 0.15) is 24.5 Å². The van der Waals surface area contributed by atoms with E-state index < -0.39 is 0 Å². The normalized spacial score (nSPS) is 23.0. The highest BCUT2D eigenvalue weighted by atomic mass is 15.3. The second-order valence-corrected chi connectivity index (χ2v) is 4.43. The lowest BCUT2D eigenvalue weighted by molar-refractivity contribution is 0.245. The van der Waals surface area contributed by atoms with Crippen LogP contribution in [0.25, 0.3) is 0 Å². The molecule has 1 aromatic rings. The molecule has 1 unspecified atom stereocenters. The summed E-state index contributed by atoms with van der Waals surface area (Å²) in [4.78, 5) is 2.40. The molecule has 0 amide bonds. The summed E-state index contributed by atoms with van der Waals surface area (Å²) in [5.74, 6) is 1.61. The van der Waals surface area contributed by atoms with Crippen LogP contribution in [0.15, 0.2) is 6.07 Å². The third kappa shape index (κ3) is 2.15. The average molecular weight is 208 g/mol. The van der Waals surface area contributed by atoms with Crippen LogP contribution in [-0.2, 0) is 7.05 Å². The maximum atomic E-state index is 4.42. The molecule has 1 aromatic heterocycles. The Kier molecular flexibility index (Phi) is 2.95. The lowest BCUT2D eigenvalue weighted by atomic mass is 9.95. The van der Waals surface area contributed by atoms with Crippen LogP contribution in [0, 0.1) is 0 Å². The molecular formula is C11H20N4. The van der Waals surface area contributed by atoms with E-state index in [1.807, 2.05) is 18.8 Å². The van der Waals surface area contributed by atoms with Crippen molar-refractivity contribution in [2.24, 2.45) is 7.05 Å². The number of hydrogen-bond donors (Lipinski definition) is 1. The van der Waals surface area contributed by atoms with Crippen molar-refractivity contribution in [3.8, 4) is 0 Å². The van der Waals surface area contributed by atoms with Crippen molar-refractivity contribution in [1.29, 1.82) is 0 Å². The summed E-state index contributed by atoms with van der Waals surface area (Å²) in [5.41, 5.74) is 1.35. The Bertz CT molecular complexity index is 331. The number of likely N-dealkylation sites (N-methyl/N-ethyl adjacent to an activating group) is 1. The van der Waals surface area contributed by atoms with Crippen LogP contribution in [-0.4, -0.2) is 41.9 Å². The van der Waals surface area contributed by atoms with Gasteiger partial charge in [0.2, 0.25) is 0 Å². The first-order valence-electron chi connectivity index (χ1n) is 5.61. The number of nitrogens with zero attached hydrogens (tertiary/aromatic N) is 3. The standard InChI is InChI=1S/C11H20N4/c1-12-11-7-10(15(3)13-11)9-5-4-6-14(2)8-9/h7,9H,4-6,8H2,1-3H3,(H,12,13). The minimum absolute atomic E-state index is 0.642. The third-order valence-electron chi connectivity index (χ3n) is 3.21. The number of anilines is 1. The molecule has 4 heteroatoms. The SMILES string of the molecule is CNc1cc(C2CCCN(C)C2)n(C)n1. The van der Waals surface area contributed by atoms with E-state index >= 15 is 0 Å². The molecule has 4 nitrogen and oxygen atoms in total. The van der Waals surface area contributed by atoms with E-state index in [2.05, 4.69) is 28.4 Å². The molecule has 2 rings (SSSR count). The van der Waals surface area contributed by atoms with Crippen molar-refractivity contribution in [2.75, 3.05) is 32.5 Å². The van der Waals surface area contributed by atoms with Crippen molar-refractivity contribution >= 4 is 5.82 Å². The molecule has 0 radical (unpaired) electrons. The Morgan fingerprint density at radius 3 is 2.87 bits per heavy atom. The van der Waals surface area contributed by atoms with Crippen molar-refractivity contribution in [1.82, 2.24) is 14.7 Å². The average Bonchev–Trinajstić information content (AvgIpc) is 2.60. The molecule has 2 heterocycles. The zero-order valence-electron chi connectivity index (χ0n) is 9.82. The maximum Gasteiger partial charge on any atom is 0.148 e. The summed E-state index contributed by atoms with van der Waals surface area (Å²) >= 11 is 0. The van der Waals surface area contributed by atoms with Gasteiger partial charge in [-0.05, 0) is 26.4 Å². The number of aryl methyl sites for hydroxylation is 1. The topological polar surface area (TPSA) is 33.1 Å². The predicted octanol–water partition coefficient (Wildman–Crippen LogP) is 1.27. The van der Waals surface area contributed by atoms with Gasteiger partial charge < -0.3 is 10.2 Å². The first-order valence-corrected chi connectivity index (χ1v) is 5.61. The number of piperidine rings is 1. The van der Waals surface area contributed by atoms with Gasteiger partial charge in [-0.1, -0.05) is 0 Å². The zero-order valence-corrected chi connectivity index (χ0v) is 9.82. The Balaban J connectivity index is 2.16. The minimum Gasteiger partial charge on any atom is -0.372 e. The second kappa shape index (κ2) is 4.23. The van der Waals surface area contributed by atoms with Gasteiger partial charge in [-0.25, -0.2) is 0 Å². The highest BCUT2D eigenvalue weighted by molar-refractivity contribution is 5.36. The zero-order chi connectivity index (χ0) is 10.8. The Labute approximate surface area is 91.3 Å². The largest absolute Gasteiger partial charge is 0.372 e. The Hall–Kier alpha value is -1.03. The Morgan fingerprint density at radius 2 is 2.27 bits per heavy atom. The Morgan fingerprint density at radius 1 is 1.47 bits per heavy atom. The van der Waals surface area contributed by atoms with Gasteiger partial charge in [0.15, 0.2) is 0 Å². The fourth-order valence-electron chi connectivity index (χ4n) is 2.39. The monoisotopic (exact) mass is 208 g/mol. The molecule has 1 N–H and O–H groups in total. The predicted molar refractivity (Wildman–Crippen MR) is 62.2 cm³/mol. The van der Waals surface area contributed by atoms with Crippen molar-refractivity contribution < 1.29 is 0 Å². The van der Waals surface area contributed by atoms with Gasteiger partial charge in [0.05, 0.1) is 0 Å². The second-order valence-electron chi connectivity index (χ2n) is 4.43. The molecule has 0 aliphatic carbocycles. The van der Waals surface area contributed by atoms with Crippen molar-refractivity contribution in [3.05, 3.63) is 11.8 Å². The molecule has 0 aromatic carbocycles. The number of likely N-dealkylation sites (tertiary alicyclic amines) is 1. The molecule has 0 bridgehead atoms. The van der Waals surface area contributed by atoms with Gasteiger partial charge in [0.25, 0.3) is 0 Å². The van der Waals surface area contributed by atoms with Crippen molar-refractivity contribution in [2.45, 2.75) is 18.8 Å². The minimum atomic E-state index is 0.642. The van der Waals surface area contributed by atoms with Gasteiger partial charge in [-0.15, -0.1) is 0 Å². The van der Waals surface area contributed by atoms with Gasteiger partial charge >= 0.3 is 0 Å². The van der Waals surface area contributed by atoms with Gasteiger partial charge in [0.1, 0.15) is 5.82 Å². The van der Waals surface area contributed by atoms with Gasteiger partial charge in [0, 0.05) is 38.3 Å². The molecule has 1 atom stereocenters. The lowest BCUT2D eigenvalue weighted by Crippen LogP contribution is -2.31. The highest BCUT2D eigenvalue weighted by Crippen LogP contribution is 2.27. The molecule has 0 saturated carbocycles. The quantitative estimate of drug-likeness (QED) is 0.794. The first-order chi connectivity index (χ1) is 7.20. The third-order valence-corrected chi connectivity index (χ3v) is 3.21. The van der Waals surface area contributed by atoms with Crippen LogP contribution in [0.3, 0.4) is 0 Å². The number of hydrogen-bond acceptors (Lipinski definition) is 3. The number of aromatic nitrogens is 2. The summed E-state index contributed by atoms with van der Waals surface area (Å²) < 4.78 is 2.01. The van der Waals surface area contributed by atoms with Crippen LogP contribution < -0.4 is 5.32 Å². The summed E-state index contributed by atoms with van der Waals surface area (Å²) in [6.45, 7) is 2.38. The number of nitrogens with one attached hydrogen (secondary N) is 1. The van der Waals surface area contributed by atoms with Crippen LogP contribution in [0.2, 0.25) is 0 Å².